The van der Waals surface area contributed by atoms with Crippen LogP contribution in [0.4, 0.5) is 0 Å². The van der Waals surface area contributed by atoms with Crippen molar-refractivity contribution < 1.29 is 23.9 Å². The first kappa shape index (κ1) is 9.71. The number of phenolic OH excluding ortho intramolecular Hbond substituents is 1. The molecular weight excluding hydrogens is 192 g/mol. The number of para-hydroxylation sites is 1. The molecule has 0 fully saturated rings. The Bertz CT molecular complexity index is 312. The molecule has 3 N–H and O–H groups in total. The predicted octanol–water partition coefficient (Wildman–Crippen LogP) is -0.749. The zero-order valence-electron chi connectivity index (χ0n) is 6.54. The van der Waals surface area contributed by atoms with Crippen molar-refractivity contribution in [1.29, 1.82) is 0 Å². The van der Waals surface area contributed by atoms with Crippen molar-refractivity contribution in [3.63, 3.8) is 0 Å². The summed E-state index contributed by atoms with van der Waals surface area (Å²) in [4.78, 5) is 27.9. The number of benzene rings is 1. The van der Waals surface area contributed by atoms with Crippen LogP contribution in [0.5, 0.6) is 5.75 Å². The smallest absolute Gasteiger partial charge is 0.507 e. The first-order valence-electron chi connectivity index (χ1n) is 3.46. The number of phenols is 1. The third-order valence-electron chi connectivity index (χ3n) is 1.34. The van der Waals surface area contributed by atoms with Gasteiger partial charge in [0.1, 0.15) is 11.3 Å². The van der Waals surface area contributed by atoms with Gasteiger partial charge in [-0.2, -0.15) is 0 Å². The third kappa shape index (κ3) is 2.55. The van der Waals surface area contributed by atoms with Crippen LogP contribution >= 0.6 is 0 Å². The second-order valence-electron chi connectivity index (χ2n) is 2.25. The molecular formula is C7H8O5Si. The van der Waals surface area contributed by atoms with Gasteiger partial charge in [0, 0.05) is 0 Å². The average Bonchev–Trinajstić information content (AvgIpc) is 2.03. The first-order valence-corrected chi connectivity index (χ1v) is 4.97. The minimum atomic E-state index is -3.38. The summed E-state index contributed by atoms with van der Waals surface area (Å²) >= 11 is 0. The van der Waals surface area contributed by atoms with Gasteiger partial charge in [0.15, 0.2) is 0 Å². The van der Waals surface area contributed by atoms with Gasteiger partial charge < -0.3 is 19.1 Å². The fraction of sp³-hybridized carbons (Fsp3) is 0. The maximum Gasteiger partial charge on any atom is 0.546 e. The molecule has 0 amide bonds. The summed E-state index contributed by atoms with van der Waals surface area (Å²) in [6, 6.07) is 5.71. The first-order chi connectivity index (χ1) is 6.11. The van der Waals surface area contributed by atoms with Crippen LogP contribution in [0.2, 0.25) is 0 Å². The number of rotatable bonds is 2. The predicted molar refractivity (Wildman–Crippen MR) is 45.1 cm³/mol. The third-order valence-corrected chi connectivity index (χ3v) is 1.76. The van der Waals surface area contributed by atoms with E-state index in [0.717, 1.165) is 0 Å². The van der Waals surface area contributed by atoms with Gasteiger partial charge in [-0.05, 0) is 12.1 Å². The molecule has 0 saturated carbocycles. The van der Waals surface area contributed by atoms with E-state index in [1.807, 2.05) is 0 Å². The Morgan fingerprint density at radius 2 is 1.92 bits per heavy atom. The van der Waals surface area contributed by atoms with E-state index in [1.54, 1.807) is 6.07 Å². The zero-order valence-corrected chi connectivity index (χ0v) is 7.70. The molecule has 0 spiro atoms. The van der Waals surface area contributed by atoms with Crippen LogP contribution in [0.3, 0.4) is 0 Å². The molecule has 6 heteroatoms. The fourth-order valence-corrected chi connectivity index (χ4v) is 1.12. The second-order valence-corrected chi connectivity index (χ2v) is 3.14. The van der Waals surface area contributed by atoms with Crippen LogP contribution in [-0.2, 0) is 4.43 Å². The molecule has 0 unspecified atom stereocenters. The van der Waals surface area contributed by atoms with Gasteiger partial charge in [0.25, 0.3) is 0 Å². The molecule has 0 heterocycles. The molecule has 1 rings (SSSR count). The van der Waals surface area contributed by atoms with Gasteiger partial charge in [0.2, 0.25) is 0 Å². The molecule has 1 aromatic rings. The van der Waals surface area contributed by atoms with Crippen molar-refractivity contribution >= 4 is 15.5 Å². The van der Waals surface area contributed by atoms with Gasteiger partial charge in [0.05, 0.1) is 0 Å². The van der Waals surface area contributed by atoms with Gasteiger partial charge in [-0.25, -0.2) is 4.79 Å². The van der Waals surface area contributed by atoms with E-state index >= 15 is 0 Å². The summed E-state index contributed by atoms with van der Waals surface area (Å²) in [5.74, 6) is -1.18. The highest BCUT2D eigenvalue weighted by Gasteiger charge is 2.15. The topological polar surface area (TPSA) is 87.0 Å². The molecule has 0 aliphatic rings. The standard InChI is InChI=1S/C7H8O5Si/c8-6-4-2-1-3-5(6)7(9)12-13(10)11/h1-4,8,10-11,13H. The highest BCUT2D eigenvalue weighted by Crippen LogP contribution is 2.16. The zero-order chi connectivity index (χ0) is 9.84. The van der Waals surface area contributed by atoms with Gasteiger partial charge in [-0.3, -0.25) is 0 Å². The van der Waals surface area contributed by atoms with Gasteiger partial charge >= 0.3 is 15.5 Å². The van der Waals surface area contributed by atoms with E-state index in [4.69, 9.17) is 14.7 Å². The van der Waals surface area contributed by atoms with E-state index < -0.39 is 15.5 Å². The van der Waals surface area contributed by atoms with E-state index in [0.29, 0.717) is 0 Å². The average molecular weight is 200 g/mol. The lowest BCUT2D eigenvalue weighted by Crippen LogP contribution is -2.21. The maximum absolute atomic E-state index is 11.0. The number of aromatic hydroxyl groups is 1. The second kappa shape index (κ2) is 4.03. The summed E-state index contributed by atoms with van der Waals surface area (Å²) in [7, 11) is -3.38. The summed E-state index contributed by atoms with van der Waals surface area (Å²) in [6.07, 6.45) is 0. The molecule has 0 aliphatic carbocycles. The Balaban J connectivity index is 2.83. The minimum absolute atomic E-state index is 0.0805. The lowest BCUT2D eigenvalue weighted by Gasteiger charge is -2.05. The monoisotopic (exact) mass is 200 g/mol. The van der Waals surface area contributed by atoms with Crippen molar-refractivity contribution in [2.24, 2.45) is 0 Å². The molecule has 0 bridgehead atoms. The highest BCUT2D eigenvalue weighted by atomic mass is 28.3. The quantitative estimate of drug-likeness (QED) is 0.547. The van der Waals surface area contributed by atoms with Crippen molar-refractivity contribution in [3.8, 4) is 5.75 Å². The number of hydrogen-bond acceptors (Lipinski definition) is 5. The highest BCUT2D eigenvalue weighted by molar-refractivity contribution is 6.36. The minimum Gasteiger partial charge on any atom is -0.507 e. The Morgan fingerprint density at radius 1 is 1.31 bits per heavy atom. The lowest BCUT2D eigenvalue weighted by atomic mass is 10.2. The van der Waals surface area contributed by atoms with Crippen molar-refractivity contribution in [1.82, 2.24) is 0 Å². The van der Waals surface area contributed by atoms with Crippen LogP contribution < -0.4 is 0 Å². The van der Waals surface area contributed by atoms with E-state index in [2.05, 4.69) is 4.43 Å². The van der Waals surface area contributed by atoms with Crippen LogP contribution in [0.1, 0.15) is 10.4 Å². The molecule has 0 aliphatic heterocycles. The number of carbonyl (C=O) groups excluding carboxylic acids is 1. The Kier molecular flexibility index (Phi) is 3.01. The van der Waals surface area contributed by atoms with Gasteiger partial charge in [-0.15, -0.1) is 0 Å². The van der Waals surface area contributed by atoms with Crippen LogP contribution in [0, 0.1) is 0 Å². The summed E-state index contributed by atoms with van der Waals surface area (Å²) < 4.78 is 4.17. The molecule has 13 heavy (non-hydrogen) atoms. The largest absolute Gasteiger partial charge is 0.546 e. The number of hydrogen-bond donors (Lipinski definition) is 3. The fourth-order valence-electron chi connectivity index (χ4n) is 0.805. The van der Waals surface area contributed by atoms with E-state index in [-0.39, 0.29) is 11.3 Å². The molecule has 0 aromatic heterocycles. The van der Waals surface area contributed by atoms with Crippen LogP contribution in [0.15, 0.2) is 24.3 Å². The number of carbonyl (C=O) groups is 1. The Labute approximate surface area is 75.8 Å². The van der Waals surface area contributed by atoms with Gasteiger partial charge in [-0.1, -0.05) is 12.1 Å². The van der Waals surface area contributed by atoms with Crippen LogP contribution in [0.25, 0.3) is 0 Å². The Morgan fingerprint density at radius 3 is 2.46 bits per heavy atom. The molecule has 0 saturated heterocycles. The molecule has 0 atom stereocenters. The van der Waals surface area contributed by atoms with E-state index in [1.165, 1.54) is 18.2 Å². The van der Waals surface area contributed by atoms with Crippen molar-refractivity contribution in [2.75, 3.05) is 0 Å². The Hall–Kier alpha value is -1.37. The lowest BCUT2D eigenvalue weighted by molar-refractivity contribution is 0.0645. The summed E-state index contributed by atoms with van der Waals surface area (Å²) in [5, 5.41) is 9.15. The maximum atomic E-state index is 11.0. The molecule has 1 aromatic carbocycles. The van der Waals surface area contributed by atoms with Crippen molar-refractivity contribution in [2.45, 2.75) is 0 Å². The van der Waals surface area contributed by atoms with E-state index in [9.17, 15) is 4.79 Å². The summed E-state index contributed by atoms with van der Waals surface area (Å²) in [5.41, 5.74) is -0.0805. The normalized spacial score (nSPS) is 10.1. The van der Waals surface area contributed by atoms with Crippen molar-refractivity contribution in [3.05, 3.63) is 29.8 Å². The SMILES string of the molecule is O=C(O[SiH](O)O)c1ccccc1O. The summed E-state index contributed by atoms with van der Waals surface area (Å²) in [6.45, 7) is 0. The molecule has 0 radical (unpaired) electrons. The molecule has 70 valence electrons. The van der Waals surface area contributed by atoms with Crippen LogP contribution in [-0.4, -0.2) is 30.2 Å². The molecule has 5 nitrogen and oxygen atoms in total.